The number of hydrogen-bond acceptors (Lipinski definition) is 5. The largest absolute Gasteiger partial charge is 0.492 e. The zero-order valence-corrected chi connectivity index (χ0v) is 15.7. The first kappa shape index (κ1) is 16.7. The highest BCUT2D eigenvalue weighted by atomic mass is 19.1. The lowest BCUT2D eigenvalue weighted by molar-refractivity contribution is 0.171. The Morgan fingerprint density at radius 3 is 2.62 bits per heavy atom. The summed E-state index contributed by atoms with van der Waals surface area (Å²) in [5.41, 5.74) is 3.87. The molecule has 0 saturated heterocycles. The van der Waals surface area contributed by atoms with Crippen molar-refractivity contribution >= 4 is 5.69 Å². The third-order valence-corrected chi connectivity index (χ3v) is 5.99. The predicted molar refractivity (Wildman–Crippen MR) is 105 cm³/mol. The standard InChI is InChI=1S/C23H19FN2O3/c24-15-5-6-25-16(9-15)12-26-13-23(17-3-1-2-4-19(17)26)14-29-20-11-22-21(10-18(20)23)27-7-8-28-22/h1-6,9-11H,7-8,12-14H2. The Hall–Kier alpha value is -3.28. The number of rotatable bonds is 2. The molecule has 0 bridgehead atoms. The molecular formula is C23H19FN2O3. The zero-order chi connectivity index (χ0) is 19.4. The number of halogens is 1. The fourth-order valence-corrected chi connectivity index (χ4v) is 4.72. The summed E-state index contributed by atoms with van der Waals surface area (Å²) in [6.45, 7) is 2.92. The lowest BCUT2D eigenvalue weighted by atomic mass is 9.77. The molecule has 4 heterocycles. The highest BCUT2D eigenvalue weighted by Gasteiger charge is 2.50. The number of aromatic nitrogens is 1. The van der Waals surface area contributed by atoms with Crippen molar-refractivity contribution in [3.8, 4) is 17.2 Å². The third kappa shape index (κ3) is 2.48. The van der Waals surface area contributed by atoms with E-state index in [2.05, 4.69) is 34.1 Å². The van der Waals surface area contributed by atoms with Gasteiger partial charge in [0.05, 0.1) is 17.7 Å². The number of hydrogen-bond donors (Lipinski definition) is 0. The predicted octanol–water partition coefficient (Wildman–Crippen LogP) is 3.69. The SMILES string of the molecule is Fc1ccnc(CN2CC3(COc4cc5c(cc43)OCCO5)c3ccccc32)c1. The van der Waals surface area contributed by atoms with Gasteiger partial charge < -0.3 is 19.1 Å². The van der Waals surface area contributed by atoms with E-state index in [9.17, 15) is 4.39 Å². The number of benzene rings is 2. The lowest BCUT2D eigenvalue weighted by Crippen LogP contribution is -2.36. The molecule has 0 amide bonds. The van der Waals surface area contributed by atoms with E-state index in [-0.39, 0.29) is 11.2 Å². The Morgan fingerprint density at radius 1 is 0.931 bits per heavy atom. The van der Waals surface area contributed by atoms with Gasteiger partial charge in [-0.25, -0.2) is 4.39 Å². The first-order chi connectivity index (χ1) is 14.2. The van der Waals surface area contributed by atoms with Crippen molar-refractivity contribution < 1.29 is 18.6 Å². The van der Waals surface area contributed by atoms with Gasteiger partial charge in [-0.1, -0.05) is 18.2 Å². The first-order valence-electron chi connectivity index (χ1n) is 9.75. The van der Waals surface area contributed by atoms with Gasteiger partial charge in [-0.3, -0.25) is 4.98 Å². The van der Waals surface area contributed by atoms with Crippen LogP contribution in [0.3, 0.4) is 0 Å². The van der Waals surface area contributed by atoms with Gasteiger partial charge in [-0.15, -0.1) is 0 Å². The normalized spacial score (nSPS) is 21.1. The van der Waals surface area contributed by atoms with Crippen LogP contribution in [0, 0.1) is 5.82 Å². The maximum Gasteiger partial charge on any atom is 0.165 e. The second-order valence-corrected chi connectivity index (χ2v) is 7.70. The topological polar surface area (TPSA) is 43.8 Å². The molecule has 1 unspecified atom stereocenters. The molecule has 1 aromatic heterocycles. The van der Waals surface area contributed by atoms with Crippen LogP contribution in [0.15, 0.2) is 54.7 Å². The van der Waals surface area contributed by atoms with E-state index in [0.29, 0.717) is 32.1 Å². The van der Waals surface area contributed by atoms with Crippen molar-refractivity contribution in [2.75, 3.05) is 31.3 Å². The van der Waals surface area contributed by atoms with Crippen molar-refractivity contribution in [3.63, 3.8) is 0 Å². The molecule has 3 aromatic rings. The number of pyridine rings is 1. The van der Waals surface area contributed by atoms with Gasteiger partial charge >= 0.3 is 0 Å². The fourth-order valence-electron chi connectivity index (χ4n) is 4.72. The van der Waals surface area contributed by atoms with Gasteiger partial charge in [0.15, 0.2) is 11.5 Å². The van der Waals surface area contributed by atoms with E-state index in [0.717, 1.165) is 35.0 Å². The Balaban J connectivity index is 1.44. The van der Waals surface area contributed by atoms with Gasteiger partial charge in [0, 0.05) is 30.1 Å². The maximum absolute atomic E-state index is 13.7. The monoisotopic (exact) mass is 390 g/mol. The lowest BCUT2D eigenvalue weighted by Gasteiger charge is -2.26. The summed E-state index contributed by atoms with van der Waals surface area (Å²) in [5.74, 6) is 2.08. The second kappa shape index (κ2) is 6.11. The van der Waals surface area contributed by atoms with Crippen molar-refractivity contribution in [1.82, 2.24) is 4.98 Å². The minimum absolute atomic E-state index is 0.268. The molecule has 1 spiro atoms. The van der Waals surface area contributed by atoms with Crippen LogP contribution in [-0.4, -0.2) is 31.3 Å². The smallest absolute Gasteiger partial charge is 0.165 e. The summed E-state index contributed by atoms with van der Waals surface area (Å²) >= 11 is 0. The van der Waals surface area contributed by atoms with Crippen molar-refractivity contribution in [2.45, 2.75) is 12.0 Å². The van der Waals surface area contributed by atoms with E-state index in [1.165, 1.54) is 23.9 Å². The quantitative estimate of drug-likeness (QED) is 0.668. The molecule has 146 valence electrons. The second-order valence-electron chi connectivity index (χ2n) is 7.70. The number of nitrogens with zero attached hydrogens (tertiary/aromatic N) is 2. The molecule has 6 rings (SSSR count). The number of ether oxygens (including phenoxy) is 3. The Morgan fingerprint density at radius 2 is 1.76 bits per heavy atom. The van der Waals surface area contributed by atoms with Gasteiger partial charge in [-0.05, 0) is 29.8 Å². The highest BCUT2D eigenvalue weighted by molar-refractivity contribution is 5.70. The molecule has 3 aliphatic heterocycles. The van der Waals surface area contributed by atoms with Crippen LogP contribution in [-0.2, 0) is 12.0 Å². The highest BCUT2D eigenvalue weighted by Crippen LogP contribution is 2.54. The van der Waals surface area contributed by atoms with E-state index in [4.69, 9.17) is 14.2 Å². The molecule has 1 atom stereocenters. The Bertz CT molecular complexity index is 1120. The summed E-state index contributed by atoms with van der Waals surface area (Å²) < 4.78 is 31.4. The maximum atomic E-state index is 13.7. The van der Waals surface area contributed by atoms with Gasteiger partial charge in [0.2, 0.25) is 0 Å². The van der Waals surface area contributed by atoms with Crippen molar-refractivity contribution in [1.29, 1.82) is 0 Å². The molecule has 0 N–H and O–H groups in total. The van der Waals surface area contributed by atoms with Crippen LogP contribution in [0.1, 0.15) is 16.8 Å². The fraction of sp³-hybridized carbons (Fsp3) is 0.261. The zero-order valence-electron chi connectivity index (χ0n) is 15.7. The van der Waals surface area contributed by atoms with E-state index in [1.54, 1.807) is 0 Å². The molecule has 2 aromatic carbocycles. The van der Waals surface area contributed by atoms with E-state index < -0.39 is 0 Å². The molecule has 6 heteroatoms. The molecule has 5 nitrogen and oxygen atoms in total. The molecule has 3 aliphatic rings. The van der Waals surface area contributed by atoms with Crippen LogP contribution in [0.2, 0.25) is 0 Å². The summed E-state index contributed by atoms with van der Waals surface area (Å²) in [6.07, 6.45) is 1.51. The average Bonchev–Trinajstić information content (AvgIpc) is 3.25. The van der Waals surface area contributed by atoms with Gasteiger partial charge in [-0.2, -0.15) is 0 Å². The van der Waals surface area contributed by atoms with Gasteiger partial charge in [0.1, 0.15) is 31.4 Å². The molecule has 0 aliphatic carbocycles. The van der Waals surface area contributed by atoms with E-state index >= 15 is 0 Å². The molecule has 0 fully saturated rings. The van der Waals surface area contributed by atoms with Crippen LogP contribution in [0.25, 0.3) is 0 Å². The summed E-state index contributed by atoms with van der Waals surface area (Å²) in [7, 11) is 0. The minimum atomic E-state index is -0.297. The van der Waals surface area contributed by atoms with Gasteiger partial charge in [0.25, 0.3) is 0 Å². The van der Waals surface area contributed by atoms with Crippen molar-refractivity contribution in [3.05, 3.63) is 77.4 Å². The van der Waals surface area contributed by atoms with E-state index in [1.807, 2.05) is 12.1 Å². The van der Waals surface area contributed by atoms with Crippen LogP contribution >= 0.6 is 0 Å². The number of fused-ring (bicyclic) bond motifs is 5. The number of anilines is 1. The summed E-state index contributed by atoms with van der Waals surface area (Å²) in [6, 6.07) is 15.2. The molecule has 0 radical (unpaired) electrons. The van der Waals surface area contributed by atoms with Crippen LogP contribution < -0.4 is 19.1 Å². The third-order valence-electron chi connectivity index (χ3n) is 5.99. The van der Waals surface area contributed by atoms with Crippen LogP contribution in [0.5, 0.6) is 17.2 Å². The summed E-state index contributed by atoms with van der Waals surface area (Å²) in [5, 5.41) is 0. The van der Waals surface area contributed by atoms with Crippen molar-refractivity contribution in [2.24, 2.45) is 0 Å². The Kier molecular flexibility index (Phi) is 3.51. The minimum Gasteiger partial charge on any atom is -0.492 e. The summed E-state index contributed by atoms with van der Waals surface area (Å²) in [4.78, 5) is 6.60. The molecular weight excluding hydrogens is 371 g/mol. The first-order valence-corrected chi connectivity index (χ1v) is 9.75. The van der Waals surface area contributed by atoms with Crippen LogP contribution in [0.4, 0.5) is 10.1 Å². The average molecular weight is 390 g/mol. The molecule has 29 heavy (non-hydrogen) atoms. The Labute approximate surface area is 167 Å². The number of para-hydroxylation sites is 1. The molecule has 0 saturated carbocycles.